The molecule has 1 aliphatic rings. The Morgan fingerprint density at radius 3 is 2.59 bits per heavy atom. The maximum atomic E-state index is 12.7. The smallest absolute Gasteiger partial charge is 0.242 e. The molecule has 0 aliphatic carbocycles. The normalized spacial score (nSPS) is 17.1. The molecule has 1 atom stereocenters. The van der Waals surface area contributed by atoms with Crippen molar-refractivity contribution in [3.05, 3.63) is 52.5 Å². The standard InChI is InChI=1S/C20H22BrN3O4S/c1-13-9-16(7-8-18(13)21)24-12-14(10-19(24)25)20(26)22-15-5-4-6-17(11-15)29(27,28)23(2)3/h4-9,11,14H,10,12H2,1-3H3,(H,22,26). The molecular formula is C20H22BrN3O4S. The molecule has 9 heteroatoms. The number of rotatable bonds is 5. The van der Waals surface area contributed by atoms with Gasteiger partial charge >= 0.3 is 0 Å². The van der Waals surface area contributed by atoms with E-state index in [0.29, 0.717) is 5.69 Å². The summed E-state index contributed by atoms with van der Waals surface area (Å²) in [5.41, 5.74) is 2.13. The summed E-state index contributed by atoms with van der Waals surface area (Å²) in [7, 11) is -0.704. The van der Waals surface area contributed by atoms with Crippen LogP contribution in [0.4, 0.5) is 11.4 Å². The van der Waals surface area contributed by atoms with Gasteiger partial charge in [-0.1, -0.05) is 22.0 Å². The third-order valence-electron chi connectivity index (χ3n) is 4.83. The molecular weight excluding hydrogens is 458 g/mol. The van der Waals surface area contributed by atoms with Gasteiger partial charge in [0.2, 0.25) is 21.8 Å². The van der Waals surface area contributed by atoms with Gasteiger partial charge < -0.3 is 10.2 Å². The van der Waals surface area contributed by atoms with E-state index in [9.17, 15) is 18.0 Å². The summed E-state index contributed by atoms with van der Waals surface area (Å²) in [6, 6.07) is 11.7. The van der Waals surface area contributed by atoms with Crippen LogP contribution in [0.5, 0.6) is 0 Å². The molecule has 1 aliphatic heterocycles. The molecule has 2 aromatic carbocycles. The van der Waals surface area contributed by atoms with Crippen molar-refractivity contribution in [2.24, 2.45) is 5.92 Å². The van der Waals surface area contributed by atoms with Gasteiger partial charge in [0.05, 0.1) is 10.8 Å². The lowest BCUT2D eigenvalue weighted by Gasteiger charge is -2.18. The van der Waals surface area contributed by atoms with Gasteiger partial charge in [-0.15, -0.1) is 0 Å². The monoisotopic (exact) mass is 479 g/mol. The molecule has 1 unspecified atom stereocenters. The fourth-order valence-corrected chi connectivity index (χ4v) is 4.31. The van der Waals surface area contributed by atoms with Crippen LogP contribution in [0.1, 0.15) is 12.0 Å². The van der Waals surface area contributed by atoms with E-state index >= 15 is 0 Å². The molecule has 1 saturated heterocycles. The summed E-state index contributed by atoms with van der Waals surface area (Å²) in [4.78, 5) is 26.8. The van der Waals surface area contributed by atoms with Crippen LogP contribution in [0, 0.1) is 12.8 Å². The van der Waals surface area contributed by atoms with Crippen molar-refractivity contribution in [2.45, 2.75) is 18.2 Å². The molecule has 2 aromatic rings. The molecule has 1 heterocycles. The average Bonchev–Trinajstić information content (AvgIpc) is 3.06. The third-order valence-corrected chi connectivity index (χ3v) is 7.53. The Bertz CT molecular complexity index is 1070. The van der Waals surface area contributed by atoms with Crippen LogP contribution in [0.25, 0.3) is 0 Å². The second-order valence-corrected chi connectivity index (χ2v) is 10.1. The third kappa shape index (κ3) is 4.52. The first-order valence-corrected chi connectivity index (χ1v) is 11.2. The minimum atomic E-state index is -3.60. The predicted octanol–water partition coefficient (Wildman–Crippen LogP) is 3.00. The number of sulfonamides is 1. The number of amides is 2. The van der Waals surface area contributed by atoms with Crippen LogP contribution in [0.3, 0.4) is 0 Å². The maximum absolute atomic E-state index is 12.7. The van der Waals surface area contributed by atoms with Crippen LogP contribution in [-0.2, 0) is 19.6 Å². The van der Waals surface area contributed by atoms with Gasteiger partial charge in [-0.2, -0.15) is 0 Å². The van der Waals surface area contributed by atoms with Gasteiger partial charge in [0.15, 0.2) is 0 Å². The number of halogens is 1. The van der Waals surface area contributed by atoms with E-state index in [-0.39, 0.29) is 29.7 Å². The molecule has 0 aromatic heterocycles. The zero-order valence-electron chi connectivity index (χ0n) is 16.3. The van der Waals surface area contributed by atoms with E-state index in [4.69, 9.17) is 0 Å². The van der Waals surface area contributed by atoms with Gasteiger partial charge in [0.25, 0.3) is 0 Å². The lowest BCUT2D eigenvalue weighted by Crippen LogP contribution is -2.28. The Kier molecular flexibility index (Phi) is 6.11. The zero-order chi connectivity index (χ0) is 21.3. The highest BCUT2D eigenvalue weighted by atomic mass is 79.9. The Labute approximate surface area is 178 Å². The highest BCUT2D eigenvalue weighted by Gasteiger charge is 2.35. The first-order chi connectivity index (χ1) is 13.6. The minimum absolute atomic E-state index is 0.0924. The summed E-state index contributed by atoms with van der Waals surface area (Å²) in [6.45, 7) is 2.22. The second kappa shape index (κ2) is 8.25. The molecule has 0 spiro atoms. The number of carbonyl (C=O) groups excluding carboxylic acids is 2. The van der Waals surface area contributed by atoms with Crippen LogP contribution >= 0.6 is 15.9 Å². The van der Waals surface area contributed by atoms with Crippen molar-refractivity contribution in [3.63, 3.8) is 0 Å². The van der Waals surface area contributed by atoms with Gasteiger partial charge in [-0.3, -0.25) is 9.59 Å². The van der Waals surface area contributed by atoms with Gasteiger partial charge in [0, 0.05) is 42.9 Å². The number of hydrogen-bond donors (Lipinski definition) is 1. The molecule has 1 fully saturated rings. The van der Waals surface area contributed by atoms with Gasteiger partial charge in [-0.25, -0.2) is 12.7 Å². The Balaban J connectivity index is 1.74. The molecule has 29 heavy (non-hydrogen) atoms. The summed E-state index contributed by atoms with van der Waals surface area (Å²) in [5.74, 6) is -0.939. The van der Waals surface area contributed by atoms with Crippen LogP contribution in [0.2, 0.25) is 0 Å². The van der Waals surface area contributed by atoms with Crippen molar-refractivity contribution in [2.75, 3.05) is 30.9 Å². The molecule has 0 saturated carbocycles. The largest absolute Gasteiger partial charge is 0.326 e. The Hall–Kier alpha value is -2.23. The molecule has 7 nitrogen and oxygen atoms in total. The van der Waals surface area contributed by atoms with Crippen molar-refractivity contribution in [1.29, 1.82) is 0 Å². The fourth-order valence-electron chi connectivity index (χ4n) is 3.12. The summed E-state index contributed by atoms with van der Waals surface area (Å²) in [6.07, 6.45) is 0.108. The predicted molar refractivity (Wildman–Crippen MR) is 115 cm³/mol. The van der Waals surface area contributed by atoms with Crippen LogP contribution in [0.15, 0.2) is 51.8 Å². The highest BCUT2D eigenvalue weighted by Crippen LogP contribution is 2.29. The molecule has 1 N–H and O–H groups in total. The van der Waals surface area contributed by atoms with Crippen molar-refractivity contribution in [1.82, 2.24) is 4.31 Å². The van der Waals surface area contributed by atoms with Crippen LogP contribution in [-0.4, -0.2) is 45.2 Å². The average molecular weight is 480 g/mol. The molecule has 2 amide bonds. The van der Waals surface area contributed by atoms with E-state index in [1.54, 1.807) is 17.0 Å². The van der Waals surface area contributed by atoms with Crippen molar-refractivity contribution in [3.8, 4) is 0 Å². The number of benzene rings is 2. The second-order valence-electron chi connectivity index (χ2n) is 7.14. The van der Waals surface area contributed by atoms with Crippen molar-refractivity contribution >= 4 is 49.1 Å². The Morgan fingerprint density at radius 1 is 1.21 bits per heavy atom. The van der Waals surface area contributed by atoms with E-state index in [2.05, 4.69) is 21.2 Å². The molecule has 154 valence electrons. The molecule has 3 rings (SSSR count). The Morgan fingerprint density at radius 2 is 1.93 bits per heavy atom. The number of anilines is 2. The van der Waals surface area contributed by atoms with Gasteiger partial charge in [0.1, 0.15) is 0 Å². The highest BCUT2D eigenvalue weighted by molar-refractivity contribution is 9.10. The summed E-state index contributed by atoms with van der Waals surface area (Å²) in [5, 5.41) is 2.74. The maximum Gasteiger partial charge on any atom is 0.242 e. The number of aryl methyl sites for hydroxylation is 1. The first-order valence-electron chi connectivity index (χ1n) is 8.99. The van der Waals surface area contributed by atoms with Gasteiger partial charge in [-0.05, 0) is 48.9 Å². The SMILES string of the molecule is Cc1cc(N2CC(C(=O)Nc3cccc(S(=O)(=O)N(C)C)c3)CC2=O)ccc1Br. The molecule has 0 radical (unpaired) electrons. The van der Waals surface area contributed by atoms with Crippen molar-refractivity contribution < 1.29 is 18.0 Å². The van der Waals surface area contributed by atoms with E-state index < -0.39 is 15.9 Å². The fraction of sp³-hybridized carbons (Fsp3) is 0.300. The zero-order valence-corrected chi connectivity index (χ0v) is 18.7. The topological polar surface area (TPSA) is 86.8 Å². The number of nitrogens with zero attached hydrogens (tertiary/aromatic N) is 2. The van der Waals surface area contributed by atoms with E-state index in [1.165, 1.54) is 26.2 Å². The van der Waals surface area contributed by atoms with Crippen LogP contribution < -0.4 is 10.2 Å². The summed E-state index contributed by atoms with van der Waals surface area (Å²) >= 11 is 3.44. The number of nitrogens with one attached hydrogen (secondary N) is 1. The lowest BCUT2D eigenvalue weighted by atomic mass is 10.1. The quantitative estimate of drug-likeness (QED) is 0.713. The lowest BCUT2D eigenvalue weighted by molar-refractivity contribution is -0.122. The summed E-state index contributed by atoms with van der Waals surface area (Å²) < 4.78 is 26.6. The number of carbonyl (C=O) groups is 2. The number of hydrogen-bond acceptors (Lipinski definition) is 4. The molecule has 0 bridgehead atoms. The van der Waals surface area contributed by atoms with E-state index in [1.807, 2.05) is 25.1 Å². The first kappa shape index (κ1) is 21.5. The minimum Gasteiger partial charge on any atom is -0.326 e. The van der Waals surface area contributed by atoms with E-state index in [0.717, 1.165) is 20.0 Å².